The van der Waals surface area contributed by atoms with Crippen LogP contribution in [0.4, 0.5) is 0 Å². The van der Waals surface area contributed by atoms with E-state index in [1.807, 2.05) is 0 Å². The van der Waals surface area contributed by atoms with Gasteiger partial charge in [0.1, 0.15) is 0 Å². The van der Waals surface area contributed by atoms with Crippen molar-refractivity contribution in [2.75, 3.05) is 0 Å². The molecule has 0 aromatic carbocycles. The van der Waals surface area contributed by atoms with Crippen LogP contribution in [0.2, 0.25) is 0 Å². The molecule has 0 radical (unpaired) electrons. The number of hydrogen-bond donors (Lipinski definition) is 2. The van der Waals surface area contributed by atoms with Crippen LogP contribution in [-0.2, 0) is 0 Å². The summed E-state index contributed by atoms with van der Waals surface area (Å²) in [5.74, 6) is 3.73. The fourth-order valence-corrected chi connectivity index (χ4v) is 6.51. The van der Waals surface area contributed by atoms with Crippen LogP contribution in [-0.4, -0.2) is 22.4 Å². The molecule has 5 atom stereocenters. The predicted octanol–water partition coefficient (Wildman–Crippen LogP) is 9.95. The van der Waals surface area contributed by atoms with Crippen molar-refractivity contribution in [3.05, 3.63) is 0 Å². The number of aliphatic hydroxyl groups is 2. The van der Waals surface area contributed by atoms with Gasteiger partial charge in [-0.1, -0.05) is 131 Å². The summed E-state index contributed by atoms with van der Waals surface area (Å²) in [6.45, 7) is 13.9. The molecular weight excluding hydrogens is 428 g/mol. The number of aliphatic hydroxyl groups excluding tert-OH is 2. The first-order chi connectivity index (χ1) is 16.8. The average Bonchev–Trinajstić information content (AvgIpc) is 2.84. The second kappa shape index (κ2) is 20.0. The molecule has 1 saturated carbocycles. The Balaban J connectivity index is 2.26. The van der Waals surface area contributed by atoms with E-state index in [4.69, 9.17) is 0 Å². The van der Waals surface area contributed by atoms with Crippen LogP contribution in [0.3, 0.4) is 0 Å². The van der Waals surface area contributed by atoms with Gasteiger partial charge in [0.25, 0.3) is 0 Å². The van der Waals surface area contributed by atoms with Gasteiger partial charge in [-0.2, -0.15) is 0 Å². The summed E-state index contributed by atoms with van der Waals surface area (Å²) >= 11 is 0. The Kier molecular flexibility index (Phi) is 18.8. The summed E-state index contributed by atoms with van der Waals surface area (Å²) in [5, 5.41) is 21.8. The van der Waals surface area contributed by atoms with Crippen LogP contribution in [0.5, 0.6) is 0 Å². The van der Waals surface area contributed by atoms with E-state index < -0.39 is 0 Å². The Bertz CT molecular complexity index is 468. The molecule has 0 bridgehead atoms. The predicted molar refractivity (Wildman–Crippen MR) is 155 cm³/mol. The molecule has 0 aliphatic heterocycles. The molecule has 0 heterocycles. The lowest BCUT2D eigenvalue weighted by Gasteiger charge is -2.33. The van der Waals surface area contributed by atoms with Crippen LogP contribution >= 0.6 is 0 Å². The zero-order valence-electron chi connectivity index (χ0n) is 24.9. The van der Waals surface area contributed by atoms with Crippen LogP contribution in [0.15, 0.2) is 0 Å². The monoisotopic (exact) mass is 495 g/mol. The SMILES string of the molecule is CCCCCCCCCC[C@H](CC)CC(C)C(O)CCCC(CC(O)C1CCC(C)CC1)C(C)C. The highest BCUT2D eigenvalue weighted by Crippen LogP contribution is 2.35. The molecular formula is C33H66O2. The number of rotatable bonds is 21. The molecule has 4 unspecified atom stereocenters. The molecule has 2 heteroatoms. The summed E-state index contributed by atoms with van der Waals surface area (Å²) in [4.78, 5) is 0. The van der Waals surface area contributed by atoms with E-state index in [1.165, 1.54) is 96.3 Å². The Morgan fingerprint density at radius 2 is 1.29 bits per heavy atom. The van der Waals surface area contributed by atoms with Crippen molar-refractivity contribution in [1.82, 2.24) is 0 Å². The van der Waals surface area contributed by atoms with E-state index >= 15 is 0 Å². The van der Waals surface area contributed by atoms with Gasteiger partial charge in [0.15, 0.2) is 0 Å². The van der Waals surface area contributed by atoms with Crippen LogP contribution in [0.1, 0.15) is 164 Å². The van der Waals surface area contributed by atoms with Crippen LogP contribution in [0, 0.1) is 35.5 Å². The lowest BCUT2D eigenvalue weighted by molar-refractivity contribution is 0.0439. The fraction of sp³-hybridized carbons (Fsp3) is 1.00. The Morgan fingerprint density at radius 1 is 0.686 bits per heavy atom. The number of hydrogen-bond acceptors (Lipinski definition) is 2. The van der Waals surface area contributed by atoms with Crippen LogP contribution in [0.25, 0.3) is 0 Å². The maximum Gasteiger partial charge on any atom is 0.0571 e. The molecule has 0 spiro atoms. The number of unbranched alkanes of at least 4 members (excludes halogenated alkanes) is 7. The van der Waals surface area contributed by atoms with Gasteiger partial charge in [-0.15, -0.1) is 0 Å². The van der Waals surface area contributed by atoms with Gasteiger partial charge in [-0.05, 0) is 67.6 Å². The van der Waals surface area contributed by atoms with E-state index in [-0.39, 0.29) is 12.2 Å². The molecule has 2 N–H and O–H groups in total. The minimum atomic E-state index is -0.166. The fourth-order valence-electron chi connectivity index (χ4n) is 6.51. The van der Waals surface area contributed by atoms with E-state index in [1.54, 1.807) is 0 Å². The Morgan fingerprint density at radius 3 is 1.86 bits per heavy atom. The van der Waals surface area contributed by atoms with E-state index in [2.05, 4.69) is 41.5 Å². The van der Waals surface area contributed by atoms with Gasteiger partial charge in [0.2, 0.25) is 0 Å². The van der Waals surface area contributed by atoms with Gasteiger partial charge in [0.05, 0.1) is 12.2 Å². The lowest BCUT2D eigenvalue weighted by Crippen LogP contribution is -2.29. The third kappa shape index (κ3) is 15.1. The summed E-state index contributed by atoms with van der Waals surface area (Å²) in [6, 6.07) is 0. The minimum absolute atomic E-state index is 0.125. The quantitative estimate of drug-likeness (QED) is 0.156. The average molecular weight is 495 g/mol. The molecule has 1 aliphatic rings. The van der Waals surface area contributed by atoms with E-state index in [9.17, 15) is 10.2 Å². The molecule has 0 amide bonds. The molecule has 1 rings (SSSR count). The van der Waals surface area contributed by atoms with Gasteiger partial charge in [-0.25, -0.2) is 0 Å². The second-order valence-corrected chi connectivity index (χ2v) is 13.1. The summed E-state index contributed by atoms with van der Waals surface area (Å²) in [6.07, 6.45) is 23.8. The van der Waals surface area contributed by atoms with Crippen molar-refractivity contribution in [3.8, 4) is 0 Å². The third-order valence-electron chi connectivity index (χ3n) is 9.57. The first kappa shape index (κ1) is 32.9. The van der Waals surface area contributed by atoms with Crippen LogP contribution < -0.4 is 0 Å². The third-order valence-corrected chi connectivity index (χ3v) is 9.57. The zero-order valence-corrected chi connectivity index (χ0v) is 24.9. The Hall–Kier alpha value is -0.0800. The first-order valence-electron chi connectivity index (χ1n) is 16.1. The second-order valence-electron chi connectivity index (χ2n) is 13.1. The van der Waals surface area contributed by atoms with Gasteiger partial charge >= 0.3 is 0 Å². The van der Waals surface area contributed by atoms with Crippen molar-refractivity contribution in [1.29, 1.82) is 0 Å². The highest BCUT2D eigenvalue weighted by molar-refractivity contribution is 4.79. The van der Waals surface area contributed by atoms with E-state index in [0.717, 1.165) is 37.5 Å². The normalized spacial score (nSPS) is 23.2. The smallest absolute Gasteiger partial charge is 0.0571 e. The molecule has 35 heavy (non-hydrogen) atoms. The van der Waals surface area contributed by atoms with E-state index in [0.29, 0.717) is 23.7 Å². The molecule has 1 fully saturated rings. The zero-order chi connectivity index (χ0) is 26.1. The van der Waals surface area contributed by atoms with Gasteiger partial charge < -0.3 is 10.2 Å². The molecule has 0 saturated heterocycles. The molecule has 0 aromatic heterocycles. The maximum atomic E-state index is 10.9. The summed E-state index contributed by atoms with van der Waals surface area (Å²) in [7, 11) is 0. The first-order valence-corrected chi connectivity index (χ1v) is 16.1. The van der Waals surface area contributed by atoms with Crippen molar-refractivity contribution < 1.29 is 10.2 Å². The minimum Gasteiger partial charge on any atom is -0.393 e. The van der Waals surface area contributed by atoms with Crippen molar-refractivity contribution in [2.24, 2.45) is 35.5 Å². The maximum absolute atomic E-state index is 10.9. The summed E-state index contributed by atoms with van der Waals surface area (Å²) < 4.78 is 0. The Labute approximate surface area is 221 Å². The van der Waals surface area contributed by atoms with Crippen molar-refractivity contribution in [3.63, 3.8) is 0 Å². The standard InChI is InChI=1S/C33H66O2/c1-7-9-10-11-12-13-14-15-17-29(8-2)24-28(6)32(34)19-16-18-31(26(3)4)25-33(35)30-22-20-27(5)21-23-30/h26-35H,7-25H2,1-6H3/t27?,28?,29-,30?,31?,32?,33?/m0/s1. The molecule has 1 aliphatic carbocycles. The highest BCUT2D eigenvalue weighted by Gasteiger charge is 2.28. The van der Waals surface area contributed by atoms with Crippen molar-refractivity contribution in [2.45, 2.75) is 176 Å². The molecule has 0 aromatic rings. The summed E-state index contributed by atoms with van der Waals surface area (Å²) in [5.41, 5.74) is 0. The van der Waals surface area contributed by atoms with Gasteiger partial charge in [0, 0.05) is 0 Å². The van der Waals surface area contributed by atoms with Gasteiger partial charge in [-0.3, -0.25) is 0 Å². The largest absolute Gasteiger partial charge is 0.393 e. The highest BCUT2D eigenvalue weighted by atomic mass is 16.3. The molecule has 2 nitrogen and oxygen atoms in total. The lowest BCUT2D eigenvalue weighted by atomic mass is 9.76. The molecule has 210 valence electrons. The van der Waals surface area contributed by atoms with Crippen molar-refractivity contribution >= 4 is 0 Å². The topological polar surface area (TPSA) is 40.5 Å².